The molecule has 0 aliphatic carbocycles. The van der Waals surface area contributed by atoms with Crippen LogP contribution >= 0.6 is 0 Å². The number of fused-ring (bicyclic) bond motifs is 1. The van der Waals surface area contributed by atoms with Gasteiger partial charge < -0.3 is 4.90 Å². The number of nitrogens with zero attached hydrogens (tertiary/aromatic N) is 5. The molecule has 0 saturated carbocycles. The van der Waals surface area contributed by atoms with Gasteiger partial charge in [0.15, 0.2) is 5.65 Å². The SMILES string of the molecule is O=C(c1ccccn1)N1CCC(c2ccnc3ccnn23)CC1. The van der Waals surface area contributed by atoms with Crippen molar-refractivity contribution in [3.63, 3.8) is 0 Å². The minimum atomic E-state index is 0.0167. The highest BCUT2D eigenvalue weighted by Gasteiger charge is 2.26. The lowest BCUT2D eigenvalue weighted by Gasteiger charge is -2.32. The second-order valence-electron chi connectivity index (χ2n) is 5.75. The van der Waals surface area contributed by atoms with Gasteiger partial charge in [-0.1, -0.05) is 6.07 Å². The molecule has 0 aromatic carbocycles. The molecule has 1 fully saturated rings. The van der Waals surface area contributed by atoms with Crippen molar-refractivity contribution in [2.45, 2.75) is 18.8 Å². The highest BCUT2D eigenvalue weighted by Crippen LogP contribution is 2.28. The summed E-state index contributed by atoms with van der Waals surface area (Å²) in [6.07, 6.45) is 7.11. The second kappa shape index (κ2) is 5.79. The molecule has 1 amide bonds. The van der Waals surface area contributed by atoms with E-state index in [1.165, 1.54) is 5.69 Å². The first-order valence-electron chi connectivity index (χ1n) is 7.82. The Morgan fingerprint density at radius 2 is 1.87 bits per heavy atom. The number of hydrogen-bond acceptors (Lipinski definition) is 4. The molecule has 6 heteroatoms. The lowest BCUT2D eigenvalue weighted by molar-refractivity contribution is 0.0705. The molecule has 0 bridgehead atoms. The van der Waals surface area contributed by atoms with Crippen molar-refractivity contribution in [1.29, 1.82) is 0 Å². The van der Waals surface area contributed by atoms with Crippen molar-refractivity contribution in [2.75, 3.05) is 13.1 Å². The minimum Gasteiger partial charge on any atom is -0.337 e. The van der Waals surface area contributed by atoms with Gasteiger partial charge in [0.1, 0.15) is 5.69 Å². The molecule has 0 N–H and O–H groups in total. The third-order valence-corrected chi connectivity index (χ3v) is 4.40. The van der Waals surface area contributed by atoms with Crippen molar-refractivity contribution in [1.82, 2.24) is 24.5 Å². The maximum Gasteiger partial charge on any atom is 0.272 e. The molecule has 1 aliphatic heterocycles. The highest BCUT2D eigenvalue weighted by atomic mass is 16.2. The summed E-state index contributed by atoms with van der Waals surface area (Å²) < 4.78 is 1.90. The van der Waals surface area contributed by atoms with E-state index in [9.17, 15) is 4.79 Å². The third kappa shape index (κ3) is 2.56. The Hall–Kier alpha value is -2.76. The number of pyridine rings is 1. The summed E-state index contributed by atoms with van der Waals surface area (Å²) in [4.78, 5) is 22.8. The van der Waals surface area contributed by atoms with Gasteiger partial charge in [-0.3, -0.25) is 9.78 Å². The molecule has 3 aromatic heterocycles. The number of rotatable bonds is 2. The Morgan fingerprint density at radius 3 is 2.65 bits per heavy atom. The van der Waals surface area contributed by atoms with Gasteiger partial charge in [-0.2, -0.15) is 5.10 Å². The summed E-state index contributed by atoms with van der Waals surface area (Å²) in [5.41, 5.74) is 2.56. The van der Waals surface area contributed by atoms with Gasteiger partial charge in [-0.15, -0.1) is 0 Å². The third-order valence-electron chi connectivity index (χ3n) is 4.40. The van der Waals surface area contributed by atoms with E-state index in [2.05, 4.69) is 15.1 Å². The largest absolute Gasteiger partial charge is 0.337 e. The van der Waals surface area contributed by atoms with Crippen molar-refractivity contribution < 1.29 is 4.79 Å². The number of hydrogen-bond donors (Lipinski definition) is 0. The first-order valence-corrected chi connectivity index (χ1v) is 7.82. The van der Waals surface area contributed by atoms with Gasteiger partial charge in [0.25, 0.3) is 5.91 Å². The van der Waals surface area contributed by atoms with Crippen LogP contribution in [0.2, 0.25) is 0 Å². The molecule has 1 saturated heterocycles. The van der Waals surface area contributed by atoms with Gasteiger partial charge in [0, 0.05) is 43.2 Å². The predicted octanol–water partition coefficient (Wildman–Crippen LogP) is 2.14. The van der Waals surface area contributed by atoms with Crippen LogP contribution in [0.4, 0.5) is 0 Å². The Morgan fingerprint density at radius 1 is 1.00 bits per heavy atom. The van der Waals surface area contributed by atoms with E-state index in [1.807, 2.05) is 39.9 Å². The standard InChI is InChI=1S/C17H17N5O/c23-17(14-3-1-2-8-18-14)21-11-6-13(7-12-21)15-4-9-19-16-5-10-20-22(15)16/h1-5,8-10,13H,6-7,11-12H2. The summed E-state index contributed by atoms with van der Waals surface area (Å²) in [5.74, 6) is 0.413. The van der Waals surface area contributed by atoms with E-state index in [0.717, 1.165) is 31.6 Å². The van der Waals surface area contributed by atoms with Gasteiger partial charge >= 0.3 is 0 Å². The fraction of sp³-hybridized carbons (Fsp3) is 0.294. The molecule has 6 nitrogen and oxygen atoms in total. The van der Waals surface area contributed by atoms with E-state index < -0.39 is 0 Å². The van der Waals surface area contributed by atoms with Crippen LogP contribution in [0.5, 0.6) is 0 Å². The van der Waals surface area contributed by atoms with E-state index in [0.29, 0.717) is 11.6 Å². The number of carbonyl (C=O) groups is 1. The zero-order chi connectivity index (χ0) is 15.6. The van der Waals surface area contributed by atoms with Gasteiger partial charge in [0.2, 0.25) is 0 Å². The van der Waals surface area contributed by atoms with Crippen LogP contribution in [-0.4, -0.2) is 43.5 Å². The molecule has 0 radical (unpaired) electrons. The predicted molar refractivity (Wildman–Crippen MR) is 85.1 cm³/mol. The van der Waals surface area contributed by atoms with Crippen LogP contribution in [0.1, 0.15) is 34.9 Å². The van der Waals surface area contributed by atoms with Crippen LogP contribution in [-0.2, 0) is 0 Å². The van der Waals surface area contributed by atoms with Crippen LogP contribution in [0, 0.1) is 0 Å². The van der Waals surface area contributed by atoms with E-state index >= 15 is 0 Å². The molecule has 0 unspecified atom stereocenters. The molecule has 0 atom stereocenters. The van der Waals surface area contributed by atoms with E-state index in [-0.39, 0.29) is 5.91 Å². The number of amides is 1. The second-order valence-corrected chi connectivity index (χ2v) is 5.75. The average Bonchev–Trinajstić information content (AvgIpc) is 3.11. The summed E-state index contributed by atoms with van der Waals surface area (Å²) in [7, 11) is 0. The summed E-state index contributed by atoms with van der Waals surface area (Å²) in [6, 6.07) is 9.37. The number of likely N-dealkylation sites (tertiary alicyclic amines) is 1. The smallest absolute Gasteiger partial charge is 0.272 e. The molecule has 0 spiro atoms. The maximum atomic E-state index is 12.4. The molecule has 4 rings (SSSR count). The van der Waals surface area contributed by atoms with Crippen molar-refractivity contribution >= 4 is 11.6 Å². The van der Waals surface area contributed by atoms with Crippen molar-refractivity contribution in [2.24, 2.45) is 0 Å². The Kier molecular flexibility index (Phi) is 3.49. The quantitative estimate of drug-likeness (QED) is 0.727. The summed E-state index contributed by atoms with van der Waals surface area (Å²) in [6.45, 7) is 1.48. The molecular weight excluding hydrogens is 290 g/mol. The molecular formula is C17H17N5O. The first-order chi connectivity index (χ1) is 11.3. The molecule has 1 aliphatic rings. The molecule has 3 aromatic rings. The van der Waals surface area contributed by atoms with Crippen molar-refractivity contribution in [3.05, 3.63) is 60.3 Å². The average molecular weight is 307 g/mol. The minimum absolute atomic E-state index is 0.0167. The zero-order valence-corrected chi connectivity index (χ0v) is 12.7. The van der Waals surface area contributed by atoms with Crippen LogP contribution in [0.25, 0.3) is 5.65 Å². The first kappa shape index (κ1) is 13.9. The van der Waals surface area contributed by atoms with Gasteiger partial charge in [-0.25, -0.2) is 9.50 Å². The maximum absolute atomic E-state index is 12.4. The van der Waals surface area contributed by atoms with Crippen LogP contribution < -0.4 is 0 Å². The number of carbonyl (C=O) groups excluding carboxylic acids is 1. The van der Waals surface area contributed by atoms with E-state index in [1.54, 1.807) is 18.5 Å². The lowest BCUT2D eigenvalue weighted by Crippen LogP contribution is -2.38. The summed E-state index contributed by atoms with van der Waals surface area (Å²) >= 11 is 0. The molecule has 4 heterocycles. The highest BCUT2D eigenvalue weighted by molar-refractivity contribution is 5.92. The van der Waals surface area contributed by atoms with Crippen LogP contribution in [0.3, 0.4) is 0 Å². The van der Waals surface area contributed by atoms with Gasteiger partial charge in [-0.05, 0) is 31.0 Å². The molecule has 23 heavy (non-hydrogen) atoms. The monoisotopic (exact) mass is 307 g/mol. The Labute approximate surface area is 133 Å². The lowest BCUT2D eigenvalue weighted by atomic mass is 9.93. The van der Waals surface area contributed by atoms with Crippen molar-refractivity contribution in [3.8, 4) is 0 Å². The Balaban J connectivity index is 1.49. The van der Waals surface area contributed by atoms with Gasteiger partial charge in [0.05, 0.1) is 6.20 Å². The van der Waals surface area contributed by atoms with E-state index in [4.69, 9.17) is 0 Å². The number of aromatic nitrogens is 4. The normalized spacial score (nSPS) is 15.9. The fourth-order valence-corrected chi connectivity index (χ4v) is 3.19. The number of piperidine rings is 1. The summed E-state index contributed by atoms with van der Waals surface area (Å²) in [5, 5.41) is 4.36. The topological polar surface area (TPSA) is 63.4 Å². The fourth-order valence-electron chi connectivity index (χ4n) is 3.19. The Bertz CT molecular complexity index is 821. The molecule has 116 valence electrons. The zero-order valence-electron chi connectivity index (χ0n) is 12.7. The van der Waals surface area contributed by atoms with Crippen LogP contribution in [0.15, 0.2) is 48.9 Å².